The Bertz CT molecular complexity index is 197. The van der Waals surface area contributed by atoms with Gasteiger partial charge in [-0.05, 0) is 30.6 Å². The van der Waals surface area contributed by atoms with Crippen LogP contribution in [-0.2, 0) is 0 Å². The van der Waals surface area contributed by atoms with Crippen molar-refractivity contribution in [3.63, 3.8) is 0 Å². The molecular formula is C9H12O. The van der Waals surface area contributed by atoms with E-state index in [1.165, 1.54) is 12.8 Å². The average Bonchev–Trinajstić information content (AvgIpc) is 2.43. The maximum atomic E-state index is 9.65. The number of hydrogen-bond donors (Lipinski definition) is 1. The standard InChI is InChI=1S/C9H12O/c10-9-6-3-5-1-2-7(9)8(5)4-6/h1-2,5-10H,3-4H2/t5?,6-,7?,8-,9+/m1/s1. The summed E-state index contributed by atoms with van der Waals surface area (Å²) < 4.78 is 0. The van der Waals surface area contributed by atoms with Crippen LogP contribution in [0.25, 0.3) is 0 Å². The van der Waals surface area contributed by atoms with Crippen molar-refractivity contribution in [3.8, 4) is 0 Å². The molecule has 0 aliphatic heterocycles. The SMILES string of the molecule is O[C@@H]1C2C=CC3C[C@@H]1C[C@H]32. The van der Waals surface area contributed by atoms with Gasteiger partial charge >= 0.3 is 0 Å². The molecule has 3 aliphatic rings. The van der Waals surface area contributed by atoms with Gasteiger partial charge in [0.25, 0.3) is 0 Å². The fourth-order valence-electron chi connectivity index (χ4n) is 3.18. The van der Waals surface area contributed by atoms with Crippen molar-refractivity contribution in [3.05, 3.63) is 12.2 Å². The highest BCUT2D eigenvalue weighted by Crippen LogP contribution is 2.56. The number of allylic oxidation sites excluding steroid dienone is 1. The quantitative estimate of drug-likeness (QED) is 0.496. The summed E-state index contributed by atoms with van der Waals surface area (Å²) in [6.45, 7) is 0. The molecule has 3 rings (SSSR count). The van der Waals surface area contributed by atoms with Crippen LogP contribution in [0, 0.1) is 23.7 Å². The van der Waals surface area contributed by atoms with Crippen LogP contribution in [0.3, 0.4) is 0 Å². The Kier molecular flexibility index (Phi) is 0.791. The molecule has 1 N–H and O–H groups in total. The van der Waals surface area contributed by atoms with Gasteiger partial charge in [-0.1, -0.05) is 12.2 Å². The first-order chi connectivity index (χ1) is 4.86. The molecule has 3 aliphatic carbocycles. The lowest BCUT2D eigenvalue weighted by Gasteiger charge is -2.23. The summed E-state index contributed by atoms with van der Waals surface area (Å²) in [6.07, 6.45) is 7.14. The monoisotopic (exact) mass is 136 g/mol. The minimum absolute atomic E-state index is 0.0139. The van der Waals surface area contributed by atoms with E-state index in [9.17, 15) is 5.11 Å². The van der Waals surface area contributed by atoms with Crippen LogP contribution in [0.1, 0.15) is 12.8 Å². The largest absolute Gasteiger partial charge is 0.392 e. The molecule has 54 valence electrons. The lowest BCUT2D eigenvalue weighted by molar-refractivity contribution is 0.0764. The van der Waals surface area contributed by atoms with Crippen molar-refractivity contribution in [2.45, 2.75) is 18.9 Å². The summed E-state index contributed by atoms with van der Waals surface area (Å²) in [5.41, 5.74) is 0. The number of aliphatic hydroxyl groups excluding tert-OH is 1. The molecule has 2 bridgehead atoms. The first-order valence-corrected chi connectivity index (χ1v) is 4.22. The third-order valence-corrected chi connectivity index (χ3v) is 3.65. The molecule has 2 fully saturated rings. The lowest BCUT2D eigenvalue weighted by atomic mass is 9.85. The van der Waals surface area contributed by atoms with E-state index in [1.54, 1.807) is 0 Å². The Hall–Kier alpha value is -0.300. The number of aliphatic hydroxyl groups is 1. The second-order valence-corrected chi connectivity index (χ2v) is 4.01. The summed E-state index contributed by atoms with van der Waals surface area (Å²) in [4.78, 5) is 0. The Morgan fingerprint density at radius 3 is 2.80 bits per heavy atom. The van der Waals surface area contributed by atoms with E-state index >= 15 is 0 Å². The Morgan fingerprint density at radius 2 is 2.10 bits per heavy atom. The Balaban J connectivity index is 2.06. The molecule has 2 unspecified atom stereocenters. The molecule has 10 heavy (non-hydrogen) atoms. The van der Waals surface area contributed by atoms with Crippen LogP contribution in [0.15, 0.2) is 12.2 Å². The topological polar surface area (TPSA) is 20.2 Å². The molecule has 1 nitrogen and oxygen atoms in total. The van der Waals surface area contributed by atoms with E-state index in [-0.39, 0.29) is 6.10 Å². The van der Waals surface area contributed by atoms with Crippen molar-refractivity contribution in [1.82, 2.24) is 0 Å². The van der Waals surface area contributed by atoms with Gasteiger partial charge in [0.1, 0.15) is 0 Å². The van der Waals surface area contributed by atoms with Crippen LogP contribution in [0.4, 0.5) is 0 Å². The third-order valence-electron chi connectivity index (χ3n) is 3.65. The Labute approximate surface area is 60.7 Å². The minimum atomic E-state index is 0.0139. The minimum Gasteiger partial charge on any atom is -0.392 e. The highest BCUT2D eigenvalue weighted by Gasteiger charge is 2.52. The maximum Gasteiger partial charge on any atom is 0.0634 e. The smallest absolute Gasteiger partial charge is 0.0634 e. The van der Waals surface area contributed by atoms with Crippen LogP contribution >= 0.6 is 0 Å². The molecule has 0 aromatic carbocycles. The van der Waals surface area contributed by atoms with Gasteiger partial charge in [-0.15, -0.1) is 0 Å². The molecule has 0 amide bonds. The van der Waals surface area contributed by atoms with Gasteiger partial charge in [0.2, 0.25) is 0 Å². The van der Waals surface area contributed by atoms with Crippen molar-refractivity contribution in [1.29, 1.82) is 0 Å². The van der Waals surface area contributed by atoms with Gasteiger partial charge in [0.05, 0.1) is 6.10 Å². The predicted octanol–water partition coefficient (Wildman–Crippen LogP) is 1.19. The second kappa shape index (κ2) is 1.48. The second-order valence-electron chi connectivity index (χ2n) is 4.01. The number of rotatable bonds is 0. The van der Waals surface area contributed by atoms with Crippen LogP contribution in [-0.4, -0.2) is 11.2 Å². The molecule has 5 atom stereocenters. The van der Waals surface area contributed by atoms with E-state index in [0.29, 0.717) is 11.8 Å². The third kappa shape index (κ3) is 0.420. The summed E-state index contributed by atoms with van der Waals surface area (Å²) in [6, 6.07) is 0. The van der Waals surface area contributed by atoms with Crippen LogP contribution < -0.4 is 0 Å². The first-order valence-electron chi connectivity index (χ1n) is 4.22. The molecule has 0 radical (unpaired) electrons. The summed E-state index contributed by atoms with van der Waals surface area (Å²) >= 11 is 0. The molecule has 0 aromatic rings. The van der Waals surface area contributed by atoms with Gasteiger partial charge in [0.15, 0.2) is 0 Å². The van der Waals surface area contributed by atoms with Crippen molar-refractivity contribution >= 4 is 0 Å². The van der Waals surface area contributed by atoms with Crippen molar-refractivity contribution in [2.75, 3.05) is 0 Å². The zero-order valence-electron chi connectivity index (χ0n) is 5.90. The lowest BCUT2D eigenvalue weighted by Crippen LogP contribution is -2.26. The number of hydrogen-bond acceptors (Lipinski definition) is 1. The van der Waals surface area contributed by atoms with Gasteiger partial charge in [-0.3, -0.25) is 0 Å². The maximum absolute atomic E-state index is 9.65. The zero-order chi connectivity index (χ0) is 6.72. The number of fused-ring (bicyclic) bond motifs is 1. The molecule has 0 heterocycles. The van der Waals surface area contributed by atoms with Gasteiger partial charge in [-0.25, -0.2) is 0 Å². The van der Waals surface area contributed by atoms with Crippen molar-refractivity contribution in [2.24, 2.45) is 23.7 Å². The normalized spacial score (nSPS) is 62.3. The molecule has 0 aromatic heterocycles. The molecular weight excluding hydrogens is 124 g/mol. The highest BCUT2D eigenvalue weighted by atomic mass is 16.3. The van der Waals surface area contributed by atoms with E-state index in [2.05, 4.69) is 12.2 Å². The van der Waals surface area contributed by atoms with Gasteiger partial charge in [0, 0.05) is 5.92 Å². The van der Waals surface area contributed by atoms with Crippen LogP contribution in [0.5, 0.6) is 0 Å². The van der Waals surface area contributed by atoms with Crippen molar-refractivity contribution < 1.29 is 5.11 Å². The first kappa shape index (κ1) is 5.36. The highest BCUT2D eigenvalue weighted by molar-refractivity contribution is 5.18. The van der Waals surface area contributed by atoms with E-state index in [4.69, 9.17) is 0 Å². The molecule has 0 saturated heterocycles. The van der Waals surface area contributed by atoms with E-state index < -0.39 is 0 Å². The fraction of sp³-hybridized carbons (Fsp3) is 0.778. The summed E-state index contributed by atoms with van der Waals surface area (Å²) in [5.74, 6) is 2.87. The zero-order valence-corrected chi connectivity index (χ0v) is 5.90. The van der Waals surface area contributed by atoms with Gasteiger partial charge < -0.3 is 5.11 Å². The van der Waals surface area contributed by atoms with E-state index in [0.717, 1.165) is 11.8 Å². The van der Waals surface area contributed by atoms with Crippen LogP contribution in [0.2, 0.25) is 0 Å². The molecule has 1 heteroatoms. The van der Waals surface area contributed by atoms with E-state index in [1.807, 2.05) is 0 Å². The molecule has 2 saturated carbocycles. The molecule has 0 spiro atoms. The summed E-state index contributed by atoms with van der Waals surface area (Å²) in [7, 11) is 0. The fourth-order valence-corrected chi connectivity index (χ4v) is 3.18. The predicted molar refractivity (Wildman–Crippen MR) is 38.3 cm³/mol. The van der Waals surface area contributed by atoms with Gasteiger partial charge in [-0.2, -0.15) is 0 Å². The average molecular weight is 136 g/mol. The Morgan fingerprint density at radius 1 is 1.20 bits per heavy atom. The summed E-state index contributed by atoms with van der Waals surface area (Å²) in [5, 5.41) is 9.65.